The smallest absolute Gasteiger partial charge is 0.338 e. The van der Waals surface area contributed by atoms with Crippen LogP contribution in [0.4, 0.5) is 32.0 Å². The molecule has 33 heavy (non-hydrogen) atoms. The Morgan fingerprint density at radius 1 is 1.06 bits per heavy atom. The summed E-state index contributed by atoms with van der Waals surface area (Å²) in [6.45, 7) is 2.03. The number of alkyl halides is 3. The number of carbonyl (C=O) groups is 1. The van der Waals surface area contributed by atoms with Gasteiger partial charge in [0.1, 0.15) is 0 Å². The number of amides is 1. The Kier molecular flexibility index (Phi) is 7.36. The molecule has 3 rings (SSSR count). The molecule has 12 heteroatoms. The Hall–Kier alpha value is -3.41. The van der Waals surface area contributed by atoms with Crippen molar-refractivity contribution >= 4 is 11.6 Å². The van der Waals surface area contributed by atoms with Crippen LogP contribution >= 0.6 is 0 Å². The summed E-state index contributed by atoms with van der Waals surface area (Å²) in [4.78, 5) is 18.0. The SMILES string of the molecule is CCCN(CC(=O)Nc1ccc(F)c(F)c1F)Cc1nc(-c2ccc(C(F)(F)F)cc2)no1. The average molecular weight is 472 g/mol. The van der Waals surface area contributed by atoms with Crippen LogP contribution in [-0.4, -0.2) is 34.0 Å². The van der Waals surface area contributed by atoms with Crippen molar-refractivity contribution in [2.75, 3.05) is 18.4 Å². The molecule has 1 amide bonds. The Balaban J connectivity index is 1.66. The van der Waals surface area contributed by atoms with Crippen LogP contribution in [0.25, 0.3) is 11.4 Å². The number of hydrogen-bond acceptors (Lipinski definition) is 5. The van der Waals surface area contributed by atoms with Crippen molar-refractivity contribution in [2.45, 2.75) is 26.1 Å². The first-order valence-electron chi connectivity index (χ1n) is 9.74. The van der Waals surface area contributed by atoms with Gasteiger partial charge in [0.2, 0.25) is 17.6 Å². The lowest BCUT2D eigenvalue weighted by molar-refractivity contribution is -0.137. The van der Waals surface area contributed by atoms with Gasteiger partial charge in [-0.1, -0.05) is 24.2 Å². The lowest BCUT2D eigenvalue weighted by Gasteiger charge is -2.19. The molecule has 1 heterocycles. The van der Waals surface area contributed by atoms with E-state index in [2.05, 4.69) is 15.5 Å². The van der Waals surface area contributed by atoms with Crippen LogP contribution in [0.5, 0.6) is 0 Å². The van der Waals surface area contributed by atoms with E-state index in [-0.39, 0.29) is 24.8 Å². The largest absolute Gasteiger partial charge is 0.416 e. The maximum atomic E-state index is 13.8. The zero-order valence-corrected chi connectivity index (χ0v) is 17.2. The highest BCUT2D eigenvalue weighted by Crippen LogP contribution is 2.30. The van der Waals surface area contributed by atoms with Crippen molar-refractivity contribution in [3.05, 3.63) is 65.3 Å². The molecule has 0 fully saturated rings. The highest BCUT2D eigenvalue weighted by molar-refractivity contribution is 5.92. The molecule has 1 aromatic heterocycles. The molecule has 0 radical (unpaired) electrons. The van der Waals surface area contributed by atoms with E-state index in [0.29, 0.717) is 24.6 Å². The highest BCUT2D eigenvalue weighted by atomic mass is 19.4. The summed E-state index contributed by atoms with van der Waals surface area (Å²) in [6.07, 6.45) is -3.84. The molecule has 0 unspecified atom stereocenters. The van der Waals surface area contributed by atoms with Crippen molar-refractivity contribution < 1.29 is 35.7 Å². The first-order valence-corrected chi connectivity index (χ1v) is 9.74. The molecule has 2 aromatic carbocycles. The minimum Gasteiger partial charge on any atom is -0.338 e. The molecule has 176 valence electrons. The Bertz CT molecular complexity index is 1110. The van der Waals surface area contributed by atoms with Gasteiger partial charge in [0.15, 0.2) is 17.5 Å². The molecule has 3 aromatic rings. The first-order chi connectivity index (χ1) is 15.6. The molecular formula is C21H18F6N4O2. The third kappa shape index (κ3) is 6.09. The summed E-state index contributed by atoms with van der Waals surface area (Å²) in [7, 11) is 0. The first kappa shape index (κ1) is 24.2. The number of halogens is 6. The van der Waals surface area contributed by atoms with Crippen LogP contribution in [0.15, 0.2) is 40.9 Å². The van der Waals surface area contributed by atoms with Crippen LogP contribution in [-0.2, 0) is 17.5 Å². The summed E-state index contributed by atoms with van der Waals surface area (Å²) in [6, 6.07) is 5.83. The van der Waals surface area contributed by atoms with Gasteiger partial charge in [0.05, 0.1) is 24.3 Å². The lowest BCUT2D eigenvalue weighted by Crippen LogP contribution is -2.33. The maximum Gasteiger partial charge on any atom is 0.416 e. The molecule has 0 bridgehead atoms. The number of benzene rings is 2. The minimum absolute atomic E-state index is 0.0230. The second-order valence-electron chi connectivity index (χ2n) is 7.07. The molecule has 1 N–H and O–H groups in total. The number of carbonyl (C=O) groups excluding carboxylic acids is 1. The molecule has 0 aliphatic rings. The van der Waals surface area contributed by atoms with Crippen LogP contribution in [0.1, 0.15) is 24.8 Å². The number of nitrogens with one attached hydrogen (secondary N) is 1. The van der Waals surface area contributed by atoms with E-state index in [1.54, 1.807) is 4.90 Å². The second kappa shape index (κ2) is 10.0. The van der Waals surface area contributed by atoms with Gasteiger partial charge < -0.3 is 9.84 Å². The molecule has 0 atom stereocenters. The van der Waals surface area contributed by atoms with E-state index in [0.717, 1.165) is 18.2 Å². The summed E-state index contributed by atoms with van der Waals surface area (Å²) >= 11 is 0. The van der Waals surface area contributed by atoms with E-state index < -0.39 is 40.8 Å². The third-order valence-corrected chi connectivity index (χ3v) is 4.51. The fraction of sp³-hybridized carbons (Fsp3) is 0.286. The van der Waals surface area contributed by atoms with Crippen molar-refractivity contribution in [2.24, 2.45) is 0 Å². The topological polar surface area (TPSA) is 71.3 Å². The standard InChI is InChI=1S/C21H18F6N4O2/c1-2-9-31(10-16(32)28-15-8-7-14(22)18(23)19(15)24)11-17-29-20(30-33-17)12-3-5-13(6-4-12)21(25,26)27/h3-8H,2,9-11H2,1H3,(H,28,32). The summed E-state index contributed by atoms with van der Waals surface area (Å²) in [5.41, 5.74) is -1.00. The highest BCUT2D eigenvalue weighted by Gasteiger charge is 2.30. The molecule has 0 saturated heterocycles. The van der Waals surface area contributed by atoms with E-state index in [9.17, 15) is 31.1 Å². The van der Waals surface area contributed by atoms with E-state index >= 15 is 0 Å². The molecular weight excluding hydrogens is 454 g/mol. The van der Waals surface area contributed by atoms with Crippen LogP contribution in [0, 0.1) is 17.5 Å². The van der Waals surface area contributed by atoms with Crippen LogP contribution < -0.4 is 5.32 Å². The van der Waals surface area contributed by atoms with E-state index in [1.165, 1.54) is 12.1 Å². The zero-order valence-electron chi connectivity index (χ0n) is 17.2. The van der Waals surface area contributed by atoms with Gasteiger partial charge in [-0.3, -0.25) is 9.69 Å². The predicted octanol–water partition coefficient (Wildman–Crippen LogP) is 5.02. The fourth-order valence-corrected chi connectivity index (χ4v) is 2.98. The molecule has 0 spiro atoms. The average Bonchev–Trinajstić information content (AvgIpc) is 3.22. The van der Waals surface area contributed by atoms with Crippen LogP contribution in [0.2, 0.25) is 0 Å². The van der Waals surface area contributed by atoms with Crippen LogP contribution in [0.3, 0.4) is 0 Å². The minimum atomic E-state index is -4.47. The number of hydrogen-bond donors (Lipinski definition) is 1. The zero-order chi connectivity index (χ0) is 24.2. The molecule has 0 saturated carbocycles. The van der Waals surface area contributed by atoms with Gasteiger partial charge in [-0.15, -0.1) is 0 Å². The molecule has 0 aliphatic carbocycles. The van der Waals surface area contributed by atoms with E-state index in [1.807, 2.05) is 6.92 Å². The number of rotatable bonds is 8. The second-order valence-corrected chi connectivity index (χ2v) is 7.07. The number of anilines is 1. The number of aromatic nitrogens is 2. The quantitative estimate of drug-likeness (QED) is 0.368. The van der Waals surface area contributed by atoms with Gasteiger partial charge in [-0.2, -0.15) is 18.2 Å². The predicted molar refractivity (Wildman–Crippen MR) is 105 cm³/mol. The van der Waals surface area contributed by atoms with Gasteiger partial charge >= 0.3 is 6.18 Å². The summed E-state index contributed by atoms with van der Waals surface area (Å²) in [5.74, 6) is -5.09. The van der Waals surface area contributed by atoms with Gasteiger partial charge in [-0.25, -0.2) is 13.2 Å². The summed E-state index contributed by atoms with van der Waals surface area (Å²) in [5, 5.41) is 5.93. The summed E-state index contributed by atoms with van der Waals surface area (Å²) < 4.78 is 83.4. The van der Waals surface area contributed by atoms with Gasteiger partial charge in [0.25, 0.3) is 0 Å². The third-order valence-electron chi connectivity index (χ3n) is 4.51. The Morgan fingerprint density at radius 3 is 2.39 bits per heavy atom. The van der Waals surface area contributed by atoms with E-state index in [4.69, 9.17) is 4.52 Å². The van der Waals surface area contributed by atoms with Crippen molar-refractivity contribution in [3.8, 4) is 11.4 Å². The fourth-order valence-electron chi connectivity index (χ4n) is 2.98. The Labute approximate surface area is 184 Å². The monoisotopic (exact) mass is 472 g/mol. The lowest BCUT2D eigenvalue weighted by atomic mass is 10.1. The normalized spacial score (nSPS) is 11.8. The molecule has 6 nitrogen and oxygen atoms in total. The van der Waals surface area contributed by atoms with Gasteiger partial charge in [0, 0.05) is 5.56 Å². The van der Waals surface area contributed by atoms with Crippen molar-refractivity contribution in [3.63, 3.8) is 0 Å². The van der Waals surface area contributed by atoms with Crippen molar-refractivity contribution in [1.82, 2.24) is 15.0 Å². The molecule has 0 aliphatic heterocycles. The van der Waals surface area contributed by atoms with Crippen molar-refractivity contribution in [1.29, 1.82) is 0 Å². The Morgan fingerprint density at radius 2 is 1.76 bits per heavy atom. The number of nitrogens with zero attached hydrogens (tertiary/aromatic N) is 3. The van der Waals surface area contributed by atoms with Gasteiger partial charge in [-0.05, 0) is 37.2 Å². The maximum absolute atomic E-state index is 13.8.